The Hall–Kier alpha value is -1.55. The molecule has 4 heteroatoms. The van der Waals surface area contributed by atoms with E-state index in [2.05, 4.69) is 46.4 Å². The quantitative estimate of drug-likeness (QED) is 0.685. The van der Waals surface area contributed by atoms with Crippen LogP contribution in [0.1, 0.15) is 30.1 Å². The van der Waals surface area contributed by atoms with Gasteiger partial charge in [-0.15, -0.1) is 0 Å². The van der Waals surface area contributed by atoms with Gasteiger partial charge in [0.2, 0.25) is 0 Å². The van der Waals surface area contributed by atoms with Crippen molar-refractivity contribution in [3.63, 3.8) is 0 Å². The van der Waals surface area contributed by atoms with Gasteiger partial charge in [0, 0.05) is 20.1 Å². The number of hydrogen-bond donors (Lipinski definition) is 1. The first-order valence-corrected chi connectivity index (χ1v) is 7.90. The molecule has 0 bridgehead atoms. The summed E-state index contributed by atoms with van der Waals surface area (Å²) < 4.78 is 5.98. The summed E-state index contributed by atoms with van der Waals surface area (Å²) >= 11 is 0. The minimum absolute atomic E-state index is 0.138. The first-order valence-electron chi connectivity index (χ1n) is 7.90. The molecule has 1 aliphatic carbocycles. The SMILES string of the molecule is CN=C(NCC1CC1)N1CCOC(c2ccccc2C)C1. The van der Waals surface area contributed by atoms with Crippen LogP contribution < -0.4 is 5.32 Å². The lowest BCUT2D eigenvalue weighted by Crippen LogP contribution is -2.48. The number of nitrogens with zero attached hydrogens (tertiary/aromatic N) is 2. The first-order chi connectivity index (χ1) is 10.3. The van der Waals surface area contributed by atoms with E-state index in [9.17, 15) is 0 Å². The Labute approximate surface area is 127 Å². The van der Waals surface area contributed by atoms with E-state index in [4.69, 9.17) is 4.74 Å². The van der Waals surface area contributed by atoms with Crippen molar-refractivity contribution in [2.24, 2.45) is 10.9 Å². The minimum Gasteiger partial charge on any atom is -0.370 e. The van der Waals surface area contributed by atoms with Crippen molar-refractivity contribution in [3.8, 4) is 0 Å². The standard InChI is InChI=1S/C17H25N3O/c1-13-5-3-4-6-15(13)16-12-20(9-10-21-16)17(18-2)19-11-14-7-8-14/h3-6,14,16H,7-12H2,1-2H3,(H,18,19). The predicted octanol–water partition coefficient (Wildman–Crippen LogP) is 2.35. The highest BCUT2D eigenvalue weighted by Crippen LogP contribution is 2.28. The Morgan fingerprint density at radius 2 is 2.19 bits per heavy atom. The van der Waals surface area contributed by atoms with Crippen LogP contribution in [0.25, 0.3) is 0 Å². The van der Waals surface area contributed by atoms with E-state index in [1.165, 1.54) is 24.0 Å². The summed E-state index contributed by atoms with van der Waals surface area (Å²) in [4.78, 5) is 6.76. The second kappa shape index (κ2) is 6.48. The highest BCUT2D eigenvalue weighted by atomic mass is 16.5. The van der Waals surface area contributed by atoms with Gasteiger partial charge in [-0.2, -0.15) is 0 Å². The molecule has 1 N–H and O–H groups in total. The number of rotatable bonds is 3. The summed E-state index contributed by atoms with van der Waals surface area (Å²) in [5.41, 5.74) is 2.59. The molecule has 1 aliphatic heterocycles. The van der Waals surface area contributed by atoms with E-state index >= 15 is 0 Å². The number of aryl methyl sites for hydroxylation is 1. The van der Waals surface area contributed by atoms with Gasteiger partial charge in [-0.1, -0.05) is 24.3 Å². The van der Waals surface area contributed by atoms with Crippen LogP contribution in [0.2, 0.25) is 0 Å². The number of guanidine groups is 1. The van der Waals surface area contributed by atoms with Gasteiger partial charge < -0.3 is 15.0 Å². The number of ether oxygens (including phenoxy) is 1. The topological polar surface area (TPSA) is 36.9 Å². The van der Waals surface area contributed by atoms with Crippen molar-refractivity contribution >= 4 is 5.96 Å². The molecule has 114 valence electrons. The van der Waals surface area contributed by atoms with Crippen LogP contribution in [0.5, 0.6) is 0 Å². The van der Waals surface area contributed by atoms with E-state index in [0.29, 0.717) is 0 Å². The van der Waals surface area contributed by atoms with Crippen molar-refractivity contribution in [2.75, 3.05) is 33.3 Å². The molecule has 0 amide bonds. The van der Waals surface area contributed by atoms with E-state index in [0.717, 1.165) is 38.1 Å². The van der Waals surface area contributed by atoms with Gasteiger partial charge in [0.05, 0.1) is 13.2 Å². The lowest BCUT2D eigenvalue weighted by molar-refractivity contribution is -0.00831. The Kier molecular flexibility index (Phi) is 4.44. The van der Waals surface area contributed by atoms with Crippen LogP contribution in [-0.2, 0) is 4.74 Å². The van der Waals surface area contributed by atoms with Gasteiger partial charge in [-0.3, -0.25) is 4.99 Å². The van der Waals surface area contributed by atoms with Crippen LogP contribution >= 0.6 is 0 Å². The summed E-state index contributed by atoms with van der Waals surface area (Å²) in [7, 11) is 1.87. The fourth-order valence-electron chi connectivity index (χ4n) is 2.87. The number of morpholine rings is 1. The van der Waals surface area contributed by atoms with Crippen molar-refractivity contribution in [2.45, 2.75) is 25.9 Å². The zero-order chi connectivity index (χ0) is 14.7. The molecule has 0 radical (unpaired) electrons. The maximum atomic E-state index is 5.98. The maximum absolute atomic E-state index is 5.98. The van der Waals surface area contributed by atoms with E-state index < -0.39 is 0 Å². The van der Waals surface area contributed by atoms with E-state index in [1.807, 2.05) is 7.05 Å². The normalized spacial score (nSPS) is 23.2. The molecule has 4 nitrogen and oxygen atoms in total. The van der Waals surface area contributed by atoms with Gasteiger partial charge >= 0.3 is 0 Å². The molecule has 2 fully saturated rings. The number of aliphatic imine (C=N–C) groups is 1. The van der Waals surface area contributed by atoms with Gasteiger partial charge in [0.1, 0.15) is 6.10 Å². The summed E-state index contributed by atoms with van der Waals surface area (Å²) in [6, 6.07) is 8.49. The van der Waals surface area contributed by atoms with Crippen molar-refractivity contribution in [1.82, 2.24) is 10.2 Å². The van der Waals surface area contributed by atoms with Crippen LogP contribution in [0, 0.1) is 12.8 Å². The van der Waals surface area contributed by atoms with Crippen LogP contribution in [-0.4, -0.2) is 44.1 Å². The lowest BCUT2D eigenvalue weighted by Gasteiger charge is -2.35. The van der Waals surface area contributed by atoms with Crippen LogP contribution in [0.15, 0.2) is 29.3 Å². The smallest absolute Gasteiger partial charge is 0.193 e. The highest BCUT2D eigenvalue weighted by Gasteiger charge is 2.26. The monoisotopic (exact) mass is 287 g/mol. The van der Waals surface area contributed by atoms with Gasteiger partial charge in [0.15, 0.2) is 5.96 Å². The summed E-state index contributed by atoms with van der Waals surface area (Å²) in [5.74, 6) is 1.87. The largest absolute Gasteiger partial charge is 0.370 e. The molecule has 1 saturated heterocycles. The Balaban J connectivity index is 1.65. The molecule has 2 aliphatic rings. The maximum Gasteiger partial charge on any atom is 0.193 e. The predicted molar refractivity (Wildman–Crippen MR) is 85.5 cm³/mol. The third-order valence-electron chi connectivity index (χ3n) is 4.36. The fourth-order valence-corrected chi connectivity index (χ4v) is 2.87. The molecule has 1 heterocycles. The fraction of sp³-hybridized carbons (Fsp3) is 0.588. The molecule has 3 rings (SSSR count). The molecule has 21 heavy (non-hydrogen) atoms. The average molecular weight is 287 g/mol. The Morgan fingerprint density at radius 3 is 2.90 bits per heavy atom. The molecule has 0 aromatic heterocycles. The first kappa shape index (κ1) is 14.4. The minimum atomic E-state index is 0.138. The molecular weight excluding hydrogens is 262 g/mol. The lowest BCUT2D eigenvalue weighted by atomic mass is 10.0. The molecular formula is C17H25N3O. The van der Waals surface area contributed by atoms with Gasteiger partial charge in [-0.05, 0) is 36.8 Å². The van der Waals surface area contributed by atoms with Crippen molar-refractivity contribution in [1.29, 1.82) is 0 Å². The summed E-state index contributed by atoms with van der Waals surface area (Å²) in [6.07, 6.45) is 2.86. The molecule has 1 saturated carbocycles. The second-order valence-electron chi connectivity index (χ2n) is 6.03. The Bertz CT molecular complexity index is 511. The number of nitrogens with one attached hydrogen (secondary N) is 1. The van der Waals surface area contributed by atoms with E-state index in [1.54, 1.807) is 0 Å². The molecule has 1 atom stereocenters. The summed E-state index contributed by atoms with van der Waals surface area (Å²) in [6.45, 7) is 5.74. The van der Waals surface area contributed by atoms with E-state index in [-0.39, 0.29) is 6.10 Å². The zero-order valence-electron chi connectivity index (χ0n) is 13.0. The third kappa shape index (κ3) is 3.56. The Morgan fingerprint density at radius 1 is 1.38 bits per heavy atom. The molecule has 1 aromatic rings. The number of benzene rings is 1. The molecule has 1 aromatic carbocycles. The van der Waals surface area contributed by atoms with Gasteiger partial charge in [-0.25, -0.2) is 0 Å². The van der Waals surface area contributed by atoms with Crippen LogP contribution in [0.3, 0.4) is 0 Å². The zero-order valence-corrected chi connectivity index (χ0v) is 13.0. The second-order valence-corrected chi connectivity index (χ2v) is 6.03. The van der Waals surface area contributed by atoms with Crippen molar-refractivity contribution in [3.05, 3.63) is 35.4 Å². The van der Waals surface area contributed by atoms with Gasteiger partial charge in [0.25, 0.3) is 0 Å². The molecule has 0 spiro atoms. The van der Waals surface area contributed by atoms with Crippen molar-refractivity contribution < 1.29 is 4.74 Å². The number of hydrogen-bond acceptors (Lipinski definition) is 2. The average Bonchev–Trinajstić information content (AvgIpc) is 3.33. The molecule has 1 unspecified atom stereocenters. The third-order valence-corrected chi connectivity index (χ3v) is 4.36. The highest BCUT2D eigenvalue weighted by molar-refractivity contribution is 5.80. The summed E-state index contributed by atoms with van der Waals surface area (Å²) in [5, 5.41) is 3.51. The van der Waals surface area contributed by atoms with Crippen LogP contribution in [0.4, 0.5) is 0 Å².